The zero-order valence-electron chi connectivity index (χ0n) is 16.0. The monoisotopic (exact) mass is 363 g/mol. The van der Waals surface area contributed by atoms with Crippen molar-refractivity contribution in [1.29, 1.82) is 0 Å². The molecule has 3 heterocycles. The van der Waals surface area contributed by atoms with Crippen LogP contribution in [0.25, 0.3) is 0 Å². The second-order valence-electron chi connectivity index (χ2n) is 8.08. The van der Waals surface area contributed by atoms with E-state index in [4.69, 9.17) is 0 Å². The number of rotatable bonds is 6. The molecule has 0 bridgehead atoms. The minimum atomic E-state index is -0.141. The highest BCUT2D eigenvalue weighted by atomic mass is 16.2. The number of piperidine rings is 1. The second-order valence-corrected chi connectivity index (χ2v) is 8.08. The maximum Gasteiger partial charge on any atom is 0.230 e. The molecule has 0 N–H and O–H groups in total. The first kappa shape index (κ1) is 18.2. The average Bonchev–Trinajstić information content (AvgIpc) is 3.10. The molecule has 1 atom stereocenters. The molecule has 27 heavy (non-hydrogen) atoms. The van der Waals surface area contributed by atoms with E-state index < -0.39 is 0 Å². The predicted molar refractivity (Wildman–Crippen MR) is 107 cm³/mol. The molecule has 0 saturated carbocycles. The van der Waals surface area contributed by atoms with Gasteiger partial charge in [-0.15, -0.1) is 0 Å². The Hall–Kier alpha value is -2.20. The highest BCUT2D eigenvalue weighted by Crippen LogP contribution is 2.40. The number of carbonyl (C=O) groups is 1. The van der Waals surface area contributed by atoms with Crippen molar-refractivity contribution in [2.24, 2.45) is 5.41 Å². The van der Waals surface area contributed by atoms with Gasteiger partial charge in [0, 0.05) is 38.6 Å². The average molecular weight is 364 g/mol. The van der Waals surface area contributed by atoms with Crippen LogP contribution in [0, 0.1) is 5.41 Å². The molecule has 1 aromatic carbocycles. The number of hydrogen-bond acceptors (Lipinski definition) is 3. The van der Waals surface area contributed by atoms with Crippen LogP contribution in [0.1, 0.15) is 36.8 Å². The van der Waals surface area contributed by atoms with E-state index in [9.17, 15) is 4.79 Å². The van der Waals surface area contributed by atoms with Crippen molar-refractivity contribution in [2.75, 3.05) is 26.2 Å². The van der Waals surface area contributed by atoms with Crippen LogP contribution in [0.5, 0.6) is 0 Å². The fraction of sp³-hybridized carbons (Fsp3) is 0.478. The molecule has 1 amide bonds. The van der Waals surface area contributed by atoms with Gasteiger partial charge in [0.25, 0.3) is 0 Å². The van der Waals surface area contributed by atoms with E-state index in [0.717, 1.165) is 64.8 Å². The Morgan fingerprint density at radius 2 is 1.78 bits per heavy atom. The molecule has 142 valence electrons. The Balaban J connectivity index is 1.33. The Morgan fingerprint density at radius 3 is 2.59 bits per heavy atom. The minimum absolute atomic E-state index is 0.141. The summed E-state index contributed by atoms with van der Waals surface area (Å²) >= 11 is 0. The molecule has 1 aromatic heterocycles. The van der Waals surface area contributed by atoms with Gasteiger partial charge in [-0.3, -0.25) is 14.7 Å². The van der Waals surface area contributed by atoms with Gasteiger partial charge in [0.05, 0.1) is 5.41 Å². The molecule has 2 saturated heterocycles. The Morgan fingerprint density at radius 1 is 0.963 bits per heavy atom. The number of aryl methyl sites for hydroxylation is 1. The number of carbonyl (C=O) groups excluding carboxylic acids is 1. The van der Waals surface area contributed by atoms with E-state index in [2.05, 4.69) is 57.2 Å². The maximum absolute atomic E-state index is 13.3. The van der Waals surface area contributed by atoms with Crippen molar-refractivity contribution < 1.29 is 4.79 Å². The third kappa shape index (κ3) is 4.22. The van der Waals surface area contributed by atoms with Crippen molar-refractivity contribution in [3.05, 3.63) is 66.0 Å². The molecule has 2 aliphatic heterocycles. The maximum atomic E-state index is 13.3. The van der Waals surface area contributed by atoms with Crippen LogP contribution in [0.3, 0.4) is 0 Å². The van der Waals surface area contributed by atoms with Gasteiger partial charge in [0.1, 0.15) is 0 Å². The van der Waals surface area contributed by atoms with Crippen molar-refractivity contribution in [2.45, 2.75) is 38.6 Å². The number of amides is 1. The lowest BCUT2D eigenvalue weighted by Crippen LogP contribution is -2.50. The lowest BCUT2D eigenvalue weighted by Gasteiger charge is -2.39. The third-order valence-electron chi connectivity index (χ3n) is 6.15. The van der Waals surface area contributed by atoms with Gasteiger partial charge < -0.3 is 4.90 Å². The lowest BCUT2D eigenvalue weighted by atomic mass is 9.78. The molecule has 2 fully saturated rings. The molecule has 4 heteroatoms. The number of pyridine rings is 1. The van der Waals surface area contributed by atoms with Gasteiger partial charge in [0.15, 0.2) is 0 Å². The highest BCUT2D eigenvalue weighted by Gasteiger charge is 2.47. The number of nitrogens with zero attached hydrogens (tertiary/aromatic N) is 3. The molecule has 0 radical (unpaired) electrons. The van der Waals surface area contributed by atoms with E-state index in [1.54, 1.807) is 0 Å². The predicted octanol–water partition coefficient (Wildman–Crippen LogP) is 3.53. The van der Waals surface area contributed by atoms with E-state index in [0.29, 0.717) is 5.91 Å². The van der Waals surface area contributed by atoms with Gasteiger partial charge in [-0.1, -0.05) is 30.3 Å². The van der Waals surface area contributed by atoms with Crippen LogP contribution in [0.2, 0.25) is 0 Å². The third-order valence-corrected chi connectivity index (χ3v) is 6.15. The highest BCUT2D eigenvalue weighted by molar-refractivity contribution is 5.84. The Bertz CT molecular complexity index is 749. The lowest BCUT2D eigenvalue weighted by molar-refractivity contribution is -0.145. The standard InChI is InChI=1S/C23H29N3O/c27-22-23(12-17-25(19-23)18-21-9-13-24-14-10-21)11-5-16-26(22)15-4-8-20-6-2-1-3-7-20/h1-3,6-7,9-10,13-14H,4-5,8,11-12,15-19H2/t23-/m0/s1. The van der Waals surface area contributed by atoms with Crippen LogP contribution in [-0.4, -0.2) is 46.9 Å². The molecule has 1 spiro atoms. The number of likely N-dealkylation sites (tertiary alicyclic amines) is 2. The molecule has 2 aromatic rings. The fourth-order valence-electron chi connectivity index (χ4n) is 4.70. The van der Waals surface area contributed by atoms with E-state index >= 15 is 0 Å². The summed E-state index contributed by atoms with van der Waals surface area (Å²) in [5.74, 6) is 0.402. The van der Waals surface area contributed by atoms with Crippen LogP contribution >= 0.6 is 0 Å². The SMILES string of the molecule is O=C1N(CCCc2ccccc2)CCC[C@@]12CCN(Cc1ccncc1)C2. The summed E-state index contributed by atoms with van der Waals surface area (Å²) in [5, 5.41) is 0. The fourth-order valence-corrected chi connectivity index (χ4v) is 4.70. The zero-order chi connectivity index (χ0) is 18.5. The molecule has 0 aliphatic carbocycles. The van der Waals surface area contributed by atoms with E-state index in [1.807, 2.05) is 12.4 Å². The van der Waals surface area contributed by atoms with E-state index in [1.165, 1.54) is 11.1 Å². The molecule has 4 rings (SSSR count). The van der Waals surface area contributed by atoms with Crippen molar-refractivity contribution in [3.63, 3.8) is 0 Å². The van der Waals surface area contributed by atoms with Gasteiger partial charge in [-0.05, 0) is 61.9 Å². The van der Waals surface area contributed by atoms with Gasteiger partial charge in [-0.2, -0.15) is 0 Å². The topological polar surface area (TPSA) is 36.4 Å². The van der Waals surface area contributed by atoms with E-state index in [-0.39, 0.29) is 5.41 Å². The van der Waals surface area contributed by atoms with Crippen molar-refractivity contribution in [1.82, 2.24) is 14.8 Å². The van der Waals surface area contributed by atoms with Crippen LogP contribution in [-0.2, 0) is 17.8 Å². The first-order chi connectivity index (χ1) is 13.3. The Kier molecular flexibility index (Phi) is 5.53. The van der Waals surface area contributed by atoms with Crippen LogP contribution in [0.4, 0.5) is 0 Å². The Labute approximate surface area is 162 Å². The van der Waals surface area contributed by atoms with Gasteiger partial charge in [0.2, 0.25) is 5.91 Å². The first-order valence-corrected chi connectivity index (χ1v) is 10.2. The largest absolute Gasteiger partial charge is 0.342 e. The number of hydrogen-bond donors (Lipinski definition) is 0. The molecule has 2 aliphatic rings. The number of aromatic nitrogens is 1. The molecule has 0 unspecified atom stereocenters. The first-order valence-electron chi connectivity index (χ1n) is 10.2. The minimum Gasteiger partial charge on any atom is -0.342 e. The summed E-state index contributed by atoms with van der Waals surface area (Å²) in [5.41, 5.74) is 2.50. The van der Waals surface area contributed by atoms with Crippen molar-refractivity contribution in [3.8, 4) is 0 Å². The van der Waals surface area contributed by atoms with Crippen molar-refractivity contribution >= 4 is 5.91 Å². The summed E-state index contributed by atoms with van der Waals surface area (Å²) in [7, 11) is 0. The summed E-state index contributed by atoms with van der Waals surface area (Å²) in [4.78, 5) is 22.0. The second kappa shape index (κ2) is 8.22. The normalized spacial score (nSPS) is 23.3. The van der Waals surface area contributed by atoms with Crippen LogP contribution in [0.15, 0.2) is 54.9 Å². The smallest absolute Gasteiger partial charge is 0.230 e. The molecular formula is C23H29N3O. The van der Waals surface area contributed by atoms with Gasteiger partial charge in [-0.25, -0.2) is 0 Å². The summed E-state index contributed by atoms with van der Waals surface area (Å²) in [6.45, 7) is 4.67. The molecule has 4 nitrogen and oxygen atoms in total. The molecular weight excluding hydrogens is 334 g/mol. The summed E-state index contributed by atoms with van der Waals surface area (Å²) in [6.07, 6.45) is 8.99. The quantitative estimate of drug-likeness (QED) is 0.788. The zero-order valence-corrected chi connectivity index (χ0v) is 16.0. The van der Waals surface area contributed by atoms with Gasteiger partial charge >= 0.3 is 0 Å². The summed E-state index contributed by atoms with van der Waals surface area (Å²) < 4.78 is 0. The number of benzene rings is 1. The van der Waals surface area contributed by atoms with Crippen LogP contribution < -0.4 is 0 Å². The summed E-state index contributed by atoms with van der Waals surface area (Å²) in [6, 6.07) is 14.7.